The van der Waals surface area contributed by atoms with E-state index >= 15 is 0 Å². The molecule has 1 heterocycles. The van der Waals surface area contributed by atoms with E-state index in [0.29, 0.717) is 29.3 Å². The molecule has 156 valence electrons. The van der Waals surface area contributed by atoms with E-state index in [1.54, 1.807) is 20.8 Å². The molecule has 1 N–H and O–H groups in total. The van der Waals surface area contributed by atoms with Crippen molar-refractivity contribution in [2.24, 2.45) is 0 Å². The molecule has 1 aromatic carbocycles. The number of hydrogen-bond acceptors (Lipinski definition) is 3. The molecule has 0 spiro atoms. The standard InChI is InChI=1S/C21H21F4NO3/c1-4-14(12-7-8-18(22)17(9-12)20(28)29-6-3)15(5-2)16-10-13(21(23,24)25)11-26-19(16)27/h7-11H,4-6H2,1-3H3,(H,26,27)/b15-14-. The number of rotatable bonds is 6. The SMILES string of the molecule is CCOC(=O)c1cc(/C(CC)=C(/CC)c2cc(C(F)(F)F)c[nH]c2=O)ccc1F. The number of hydrogen-bond donors (Lipinski definition) is 1. The first-order valence-electron chi connectivity index (χ1n) is 9.13. The minimum Gasteiger partial charge on any atom is -0.462 e. The molecule has 0 aliphatic carbocycles. The highest BCUT2D eigenvalue weighted by Crippen LogP contribution is 2.34. The number of carbonyl (C=O) groups excluding carboxylic acids is 1. The molecule has 0 fully saturated rings. The molecule has 2 rings (SSSR count). The van der Waals surface area contributed by atoms with Crippen molar-refractivity contribution in [1.82, 2.24) is 4.98 Å². The van der Waals surface area contributed by atoms with Gasteiger partial charge in [-0.05, 0) is 54.7 Å². The predicted octanol–water partition coefficient (Wildman–Crippen LogP) is 5.44. The van der Waals surface area contributed by atoms with Crippen LogP contribution in [0, 0.1) is 5.82 Å². The number of aromatic amines is 1. The van der Waals surface area contributed by atoms with Gasteiger partial charge in [0.05, 0.1) is 17.7 Å². The van der Waals surface area contributed by atoms with Crippen molar-refractivity contribution < 1.29 is 27.1 Å². The molecule has 0 bridgehead atoms. The molecule has 0 aliphatic heterocycles. The van der Waals surface area contributed by atoms with Crippen molar-refractivity contribution in [2.45, 2.75) is 39.8 Å². The largest absolute Gasteiger partial charge is 0.462 e. The van der Waals surface area contributed by atoms with Gasteiger partial charge in [-0.25, -0.2) is 9.18 Å². The van der Waals surface area contributed by atoms with Gasteiger partial charge in [0.1, 0.15) is 5.82 Å². The summed E-state index contributed by atoms with van der Waals surface area (Å²) in [5.74, 6) is -1.60. The Morgan fingerprint density at radius 1 is 1.03 bits per heavy atom. The van der Waals surface area contributed by atoms with Crippen LogP contribution in [0.3, 0.4) is 0 Å². The van der Waals surface area contributed by atoms with Crippen LogP contribution in [-0.4, -0.2) is 17.6 Å². The van der Waals surface area contributed by atoms with Gasteiger partial charge in [0.2, 0.25) is 0 Å². The minimum atomic E-state index is -4.61. The maximum absolute atomic E-state index is 14.1. The Balaban J connectivity index is 2.71. The summed E-state index contributed by atoms with van der Waals surface area (Å²) >= 11 is 0. The van der Waals surface area contributed by atoms with Crippen LogP contribution in [0.5, 0.6) is 0 Å². The summed E-state index contributed by atoms with van der Waals surface area (Å²) in [4.78, 5) is 26.4. The van der Waals surface area contributed by atoms with Gasteiger partial charge in [0.25, 0.3) is 5.56 Å². The molecule has 8 heteroatoms. The number of benzene rings is 1. The van der Waals surface area contributed by atoms with Gasteiger partial charge in [0, 0.05) is 11.8 Å². The van der Waals surface area contributed by atoms with Crippen LogP contribution in [0.2, 0.25) is 0 Å². The number of aromatic nitrogens is 1. The number of ether oxygens (including phenoxy) is 1. The summed E-state index contributed by atoms with van der Waals surface area (Å²) < 4.78 is 58.2. The van der Waals surface area contributed by atoms with Crippen LogP contribution in [0.15, 0.2) is 35.3 Å². The number of esters is 1. The third-order valence-electron chi connectivity index (χ3n) is 4.44. The number of H-pyrrole nitrogens is 1. The molecule has 0 amide bonds. The third-order valence-corrected chi connectivity index (χ3v) is 4.44. The highest BCUT2D eigenvalue weighted by molar-refractivity contribution is 5.94. The van der Waals surface area contributed by atoms with Gasteiger partial charge < -0.3 is 9.72 Å². The zero-order valence-electron chi connectivity index (χ0n) is 16.2. The molecule has 0 radical (unpaired) electrons. The molecule has 0 aliphatic rings. The highest BCUT2D eigenvalue weighted by Gasteiger charge is 2.31. The van der Waals surface area contributed by atoms with E-state index in [1.165, 1.54) is 12.1 Å². The Morgan fingerprint density at radius 3 is 2.24 bits per heavy atom. The van der Waals surface area contributed by atoms with Crippen molar-refractivity contribution in [2.75, 3.05) is 6.61 Å². The fourth-order valence-electron chi connectivity index (χ4n) is 3.11. The van der Waals surface area contributed by atoms with Gasteiger partial charge >= 0.3 is 12.1 Å². The summed E-state index contributed by atoms with van der Waals surface area (Å²) in [6.07, 6.45) is -3.37. The number of nitrogens with one attached hydrogen (secondary N) is 1. The topological polar surface area (TPSA) is 59.2 Å². The Labute approximate surface area is 165 Å². The fourth-order valence-corrected chi connectivity index (χ4v) is 3.11. The molecule has 0 saturated carbocycles. The summed E-state index contributed by atoms with van der Waals surface area (Å²) in [5, 5.41) is 0. The number of allylic oxidation sites excluding steroid dienone is 2. The van der Waals surface area contributed by atoms with Crippen molar-refractivity contribution >= 4 is 17.1 Å². The zero-order valence-corrected chi connectivity index (χ0v) is 16.2. The number of carbonyl (C=O) groups is 1. The molecule has 0 unspecified atom stereocenters. The first kappa shape index (κ1) is 22.4. The van der Waals surface area contributed by atoms with E-state index in [4.69, 9.17) is 4.74 Å². The monoisotopic (exact) mass is 411 g/mol. The van der Waals surface area contributed by atoms with Crippen LogP contribution in [-0.2, 0) is 10.9 Å². The van der Waals surface area contributed by atoms with Crippen molar-refractivity contribution in [3.63, 3.8) is 0 Å². The van der Waals surface area contributed by atoms with Crippen LogP contribution in [0.25, 0.3) is 11.1 Å². The molecule has 4 nitrogen and oxygen atoms in total. The van der Waals surface area contributed by atoms with E-state index in [2.05, 4.69) is 4.98 Å². The Bertz CT molecular complexity index is 990. The lowest BCUT2D eigenvalue weighted by Crippen LogP contribution is -2.16. The molecule has 2 aromatic rings. The van der Waals surface area contributed by atoms with E-state index in [0.717, 1.165) is 12.1 Å². The number of alkyl halides is 3. The first-order valence-corrected chi connectivity index (χ1v) is 9.13. The minimum absolute atomic E-state index is 0.0683. The fraction of sp³-hybridized carbons (Fsp3) is 0.333. The predicted molar refractivity (Wildman–Crippen MR) is 102 cm³/mol. The lowest BCUT2D eigenvalue weighted by Gasteiger charge is -2.16. The lowest BCUT2D eigenvalue weighted by molar-refractivity contribution is -0.137. The maximum Gasteiger partial charge on any atom is 0.417 e. The van der Waals surface area contributed by atoms with E-state index in [-0.39, 0.29) is 24.2 Å². The molecular formula is C21H21F4NO3. The van der Waals surface area contributed by atoms with Gasteiger partial charge in [-0.1, -0.05) is 19.9 Å². The Morgan fingerprint density at radius 2 is 1.69 bits per heavy atom. The van der Waals surface area contributed by atoms with Crippen molar-refractivity contribution in [3.8, 4) is 0 Å². The maximum atomic E-state index is 14.1. The van der Waals surface area contributed by atoms with Crippen LogP contribution in [0.4, 0.5) is 17.6 Å². The summed E-state index contributed by atoms with van der Waals surface area (Å²) in [6, 6.07) is 4.63. The number of pyridine rings is 1. The average Bonchev–Trinajstić information content (AvgIpc) is 2.66. The molecule has 29 heavy (non-hydrogen) atoms. The van der Waals surface area contributed by atoms with Gasteiger partial charge in [0.15, 0.2) is 0 Å². The van der Waals surface area contributed by atoms with Gasteiger partial charge in [-0.15, -0.1) is 0 Å². The molecule has 1 aromatic heterocycles. The summed E-state index contributed by atoms with van der Waals surface area (Å²) in [5.41, 5.74) is -0.645. The van der Waals surface area contributed by atoms with E-state index < -0.39 is 29.1 Å². The molecule has 0 saturated heterocycles. The van der Waals surface area contributed by atoms with Crippen LogP contribution < -0.4 is 5.56 Å². The molecular weight excluding hydrogens is 390 g/mol. The Kier molecular flexibility index (Phi) is 7.00. The normalized spacial score (nSPS) is 12.5. The number of halogens is 4. The summed E-state index contributed by atoms with van der Waals surface area (Å²) in [6.45, 7) is 5.13. The Hall–Kier alpha value is -2.90. The first-order chi connectivity index (χ1) is 13.6. The van der Waals surface area contributed by atoms with Crippen LogP contribution in [0.1, 0.15) is 60.7 Å². The van der Waals surface area contributed by atoms with E-state index in [9.17, 15) is 27.2 Å². The molecule has 0 atom stereocenters. The van der Waals surface area contributed by atoms with Crippen molar-refractivity contribution in [1.29, 1.82) is 0 Å². The second-order valence-electron chi connectivity index (χ2n) is 6.21. The average molecular weight is 411 g/mol. The quantitative estimate of drug-likeness (QED) is 0.509. The summed E-state index contributed by atoms with van der Waals surface area (Å²) in [7, 11) is 0. The van der Waals surface area contributed by atoms with Crippen molar-refractivity contribution in [3.05, 3.63) is 68.9 Å². The lowest BCUT2D eigenvalue weighted by atomic mass is 9.90. The van der Waals surface area contributed by atoms with E-state index in [1.807, 2.05) is 0 Å². The third kappa shape index (κ3) is 4.93. The zero-order chi connectivity index (χ0) is 21.8. The van der Waals surface area contributed by atoms with Gasteiger partial charge in [-0.2, -0.15) is 13.2 Å². The van der Waals surface area contributed by atoms with Crippen LogP contribution >= 0.6 is 0 Å². The second-order valence-corrected chi connectivity index (χ2v) is 6.21. The smallest absolute Gasteiger partial charge is 0.417 e. The second kappa shape index (κ2) is 9.07. The van der Waals surface area contributed by atoms with Gasteiger partial charge in [-0.3, -0.25) is 4.79 Å². The highest BCUT2D eigenvalue weighted by atomic mass is 19.4.